The third-order valence-corrected chi connectivity index (χ3v) is 20.8. The summed E-state index contributed by atoms with van der Waals surface area (Å²) < 4.78 is 17.6. The fourth-order valence-electron chi connectivity index (χ4n) is 14.2. The van der Waals surface area contributed by atoms with Gasteiger partial charge in [-0.1, -0.05) is 115 Å². The van der Waals surface area contributed by atoms with E-state index in [4.69, 9.17) is 14.2 Å². The molecule has 1 unspecified atom stereocenters. The van der Waals surface area contributed by atoms with Gasteiger partial charge in [0.05, 0.1) is 20.1 Å². The van der Waals surface area contributed by atoms with Gasteiger partial charge in [0.2, 0.25) is 47.3 Å². The molecule has 4 aliphatic rings. The summed E-state index contributed by atoms with van der Waals surface area (Å²) in [5.41, 5.74) is 0.113. The molecule has 2 bridgehead atoms. The van der Waals surface area contributed by atoms with Crippen molar-refractivity contribution in [3.05, 3.63) is 29.8 Å². The Labute approximate surface area is 534 Å². The number of methoxy groups -OCH3 is 1. The third-order valence-electron chi connectivity index (χ3n) is 20.8. The number of nitrogens with one attached hydrogen (secondary N) is 3. The number of benzene rings is 1. The zero-order valence-electron chi connectivity index (χ0n) is 57.4. The van der Waals surface area contributed by atoms with E-state index in [1.807, 2.05) is 13.8 Å². The Hall–Kier alpha value is -6.81. The number of esters is 2. The van der Waals surface area contributed by atoms with Gasteiger partial charge in [0, 0.05) is 53.6 Å². The van der Waals surface area contributed by atoms with Crippen LogP contribution in [0.3, 0.4) is 0 Å². The van der Waals surface area contributed by atoms with Gasteiger partial charge in [0.1, 0.15) is 60.2 Å². The minimum Gasteiger partial charge on any atom is -0.497 e. The van der Waals surface area contributed by atoms with Gasteiger partial charge in [-0.2, -0.15) is 0 Å². The van der Waals surface area contributed by atoms with E-state index in [1.165, 1.54) is 73.8 Å². The monoisotopic (exact) mass is 1260 g/mol. The maximum Gasteiger partial charge on any atom is 0.329 e. The summed E-state index contributed by atoms with van der Waals surface area (Å²) in [7, 11) is 8.59. The molecular weight excluding hydrogens is 1150 g/mol. The Balaban J connectivity index is 1.63. The van der Waals surface area contributed by atoms with E-state index in [2.05, 4.69) is 36.7 Å². The van der Waals surface area contributed by atoms with Crippen molar-refractivity contribution in [3.8, 4) is 5.75 Å². The lowest BCUT2D eigenvalue weighted by molar-refractivity contribution is -0.165. The first-order valence-corrected chi connectivity index (χ1v) is 32.6. The average Bonchev–Trinajstić information content (AvgIpc) is 1.56. The molecule has 2 heterocycles. The second kappa shape index (κ2) is 31.0. The van der Waals surface area contributed by atoms with Crippen LogP contribution in [0.25, 0.3) is 0 Å². The molecule has 14 atom stereocenters. The van der Waals surface area contributed by atoms with E-state index in [0.29, 0.717) is 49.3 Å². The fraction of sp³-hybridized carbons (Fsp3) is 0.746. The van der Waals surface area contributed by atoms with E-state index in [0.717, 1.165) is 17.7 Å². The lowest BCUT2D eigenvalue weighted by atomic mass is 9.70. The Morgan fingerprint density at radius 3 is 1.73 bits per heavy atom. The maximum atomic E-state index is 15.6. The number of nitrogens with zero attached hydrogens (tertiary/aromatic N) is 6. The van der Waals surface area contributed by atoms with Crippen molar-refractivity contribution in [2.24, 2.45) is 46.3 Å². The third kappa shape index (κ3) is 16.1. The molecule has 23 nitrogen and oxygen atoms in total. The van der Waals surface area contributed by atoms with Crippen LogP contribution < -0.4 is 20.7 Å². The molecule has 4 fully saturated rings. The Kier molecular flexibility index (Phi) is 25.5. The Bertz CT molecular complexity index is 2770. The molecule has 1 aromatic carbocycles. The molecule has 0 aromatic heterocycles. The van der Waals surface area contributed by atoms with Crippen LogP contribution in [0.1, 0.15) is 160 Å². The predicted molar refractivity (Wildman–Crippen MR) is 338 cm³/mol. The van der Waals surface area contributed by atoms with Crippen LogP contribution in [-0.4, -0.2) is 210 Å². The lowest BCUT2D eigenvalue weighted by Crippen LogP contribution is -2.63. The molecule has 9 amide bonds. The SMILES string of the molecule is CC[C@H](C)[C@H]1C(=O)NCC(=O)N(C)[C@@H](C(C)C)C(=O)N[C@@H](Cc2ccc(OC)cc2)C(=O)O[C@H](C)C(=O)N2CCCC[C@H]2C(=O)N(C)[C@@H](C(C)C)C(=O)N[C@@H](C(C)C)C(=O)N(C)[C@@H](CC(=O)OC2C[C@@H]3CC[C@@]2(C)C3(C)C)C(=O)N(C)[C@@H]([C@@H](C)CC)C(=O)N1C. The number of ether oxygens (including phenoxy) is 3. The molecule has 0 radical (unpaired) electrons. The number of amides is 9. The van der Waals surface area contributed by atoms with Crippen LogP contribution in [0.4, 0.5) is 0 Å². The van der Waals surface area contributed by atoms with Crippen molar-refractivity contribution in [1.82, 2.24) is 45.3 Å². The minimum absolute atomic E-state index is 0.110. The molecule has 504 valence electrons. The van der Waals surface area contributed by atoms with Crippen molar-refractivity contribution in [1.29, 1.82) is 0 Å². The van der Waals surface area contributed by atoms with E-state index in [9.17, 15) is 38.4 Å². The molecule has 2 aliphatic heterocycles. The number of hydrogen-bond acceptors (Lipinski definition) is 14. The van der Waals surface area contributed by atoms with Crippen molar-refractivity contribution in [3.63, 3.8) is 0 Å². The summed E-state index contributed by atoms with van der Waals surface area (Å²) >= 11 is 0. The molecule has 3 N–H and O–H groups in total. The van der Waals surface area contributed by atoms with Gasteiger partial charge in [0.15, 0.2) is 6.10 Å². The lowest BCUT2D eigenvalue weighted by Gasteiger charge is -2.41. The van der Waals surface area contributed by atoms with Crippen molar-refractivity contribution in [2.45, 2.75) is 222 Å². The normalized spacial score (nSPS) is 30.3. The van der Waals surface area contributed by atoms with Gasteiger partial charge in [-0.3, -0.25) is 47.9 Å². The highest BCUT2D eigenvalue weighted by Crippen LogP contribution is 2.66. The second-order valence-electron chi connectivity index (χ2n) is 27.8. The summed E-state index contributed by atoms with van der Waals surface area (Å²) in [4.78, 5) is 170. The van der Waals surface area contributed by atoms with Crippen LogP contribution in [-0.2, 0) is 68.6 Å². The van der Waals surface area contributed by atoms with Crippen LogP contribution >= 0.6 is 0 Å². The van der Waals surface area contributed by atoms with Crippen LogP contribution in [0, 0.1) is 46.3 Å². The second-order valence-corrected chi connectivity index (χ2v) is 27.8. The standard InChI is InChI=1S/C67H107N9O14/c1-21-40(9)55-57(79)68-36-50(77)72(16)53(38(5)6)58(80)69-46(33-43-26-28-45(88-20)29-27-43)65(87)89-42(11)60(82)76-32-24-23-25-47(76)61(83)73(17)54(39(7)8)59(81)70-52(37(3)4)63(85)71(15)48(62(84)75(19)56(41(10)22-2)64(86)74(55)18)35-51(78)90-49-34-44-30-31-67(49,14)66(44,12)13/h26-29,37-42,44,46-49,52-56H,21-25,30-36H2,1-20H3,(H,68,79)(H,69,80)(H,70,81)/t40-,41-,42+,44-,46-,47-,48-,49?,52-,53-,54-,55-,56-,67+/m0/s1. The first-order valence-electron chi connectivity index (χ1n) is 32.6. The molecular formula is C67H107N9O14. The smallest absolute Gasteiger partial charge is 0.329 e. The largest absolute Gasteiger partial charge is 0.497 e. The topological polar surface area (TPSA) is 271 Å². The summed E-state index contributed by atoms with van der Waals surface area (Å²) in [6.07, 6.45) is 1.87. The molecule has 0 spiro atoms. The molecule has 2 aliphatic carbocycles. The fourth-order valence-corrected chi connectivity index (χ4v) is 14.2. The number of rotatable bonds is 13. The highest BCUT2D eigenvalue weighted by Gasteiger charge is 2.63. The van der Waals surface area contributed by atoms with Crippen molar-refractivity contribution in [2.75, 3.05) is 55.4 Å². The van der Waals surface area contributed by atoms with Crippen molar-refractivity contribution >= 4 is 65.1 Å². The highest BCUT2D eigenvalue weighted by molar-refractivity contribution is 5.99. The first-order chi connectivity index (χ1) is 42.0. The Morgan fingerprint density at radius 2 is 1.20 bits per heavy atom. The van der Waals surface area contributed by atoms with Gasteiger partial charge in [-0.15, -0.1) is 0 Å². The summed E-state index contributed by atoms with van der Waals surface area (Å²) in [5.74, 6) is -9.86. The van der Waals surface area contributed by atoms with E-state index < -0.39 is 168 Å². The first kappa shape index (κ1) is 73.9. The number of likely N-dealkylation sites (N-methyl/N-ethyl adjacent to an activating group) is 5. The summed E-state index contributed by atoms with van der Waals surface area (Å²) in [5, 5.41) is 8.39. The van der Waals surface area contributed by atoms with Gasteiger partial charge in [-0.05, 0) is 104 Å². The number of piperidine rings is 1. The van der Waals surface area contributed by atoms with Crippen LogP contribution in [0.2, 0.25) is 0 Å². The number of fused-ring (bicyclic) bond motifs is 3. The molecule has 23 heteroatoms. The summed E-state index contributed by atoms with van der Waals surface area (Å²) in [6, 6.07) is -3.51. The van der Waals surface area contributed by atoms with Gasteiger partial charge >= 0.3 is 11.9 Å². The maximum absolute atomic E-state index is 15.6. The number of cyclic esters (lactones) is 1. The van der Waals surface area contributed by atoms with E-state index >= 15 is 14.4 Å². The molecule has 90 heavy (non-hydrogen) atoms. The summed E-state index contributed by atoms with van der Waals surface area (Å²) in [6.45, 7) is 24.9. The molecule has 1 aromatic rings. The molecule has 2 saturated heterocycles. The van der Waals surface area contributed by atoms with Gasteiger partial charge in [-0.25, -0.2) is 4.79 Å². The van der Waals surface area contributed by atoms with Crippen molar-refractivity contribution < 1.29 is 67.0 Å². The van der Waals surface area contributed by atoms with Crippen LogP contribution in [0.15, 0.2) is 24.3 Å². The average molecular weight is 1260 g/mol. The quantitative estimate of drug-likeness (QED) is 0.220. The van der Waals surface area contributed by atoms with E-state index in [1.54, 1.807) is 79.7 Å². The Morgan fingerprint density at radius 1 is 0.644 bits per heavy atom. The van der Waals surface area contributed by atoms with Gasteiger partial charge in [0.25, 0.3) is 5.91 Å². The molecule has 2 saturated carbocycles. The zero-order chi connectivity index (χ0) is 67.8. The van der Waals surface area contributed by atoms with E-state index in [-0.39, 0.29) is 30.2 Å². The predicted octanol–water partition coefficient (Wildman–Crippen LogP) is 4.99. The van der Waals surface area contributed by atoms with Gasteiger partial charge < -0.3 is 59.6 Å². The number of hydrogen-bond donors (Lipinski definition) is 3. The molecule has 5 rings (SSSR count). The zero-order valence-corrected chi connectivity index (χ0v) is 57.4. The highest BCUT2D eigenvalue weighted by atomic mass is 16.6. The minimum atomic E-state index is -1.58. The van der Waals surface area contributed by atoms with Crippen LogP contribution in [0.5, 0.6) is 5.75 Å². The number of carbonyl (C=O) groups is 11. The number of carbonyl (C=O) groups excluding carboxylic acids is 11.